The second-order valence-corrected chi connectivity index (χ2v) is 10.7. The lowest BCUT2D eigenvalue weighted by Gasteiger charge is -2.20. The number of phosphoric ester groups is 1. The van der Waals surface area contributed by atoms with Gasteiger partial charge in [0.1, 0.15) is 12.3 Å². The Morgan fingerprint density at radius 3 is 2.56 bits per heavy atom. The number of phosphoric acid groups is 3. The molecule has 0 saturated carbocycles. The van der Waals surface area contributed by atoms with Crippen LogP contribution in [-0.4, -0.2) is 65.0 Å². The third-order valence-electron chi connectivity index (χ3n) is 4.06. The number of nitrogens with two attached hydrogens (primary N) is 1. The second kappa shape index (κ2) is 9.02. The number of rotatable bonds is 9. The fourth-order valence-corrected chi connectivity index (χ4v) is 5.92. The molecule has 3 unspecified atom stereocenters. The Labute approximate surface area is 177 Å². The number of H-pyrrole nitrogens is 1. The highest BCUT2D eigenvalue weighted by Crippen LogP contribution is 2.66. The van der Waals surface area contributed by atoms with Crippen molar-refractivity contribution in [2.45, 2.75) is 24.9 Å². The number of nitrogens with zero attached hydrogens (tertiary/aromatic N) is 3. The van der Waals surface area contributed by atoms with E-state index < -0.39 is 54.1 Å². The van der Waals surface area contributed by atoms with Gasteiger partial charge in [0.25, 0.3) is 5.56 Å². The molecule has 1 aliphatic heterocycles. The van der Waals surface area contributed by atoms with Gasteiger partial charge < -0.3 is 34.8 Å². The number of imidazole rings is 1. The number of aromatic amines is 1. The Hall–Kier alpha value is -1.52. The lowest BCUT2D eigenvalue weighted by Crippen LogP contribution is -2.27. The van der Waals surface area contributed by atoms with E-state index in [2.05, 4.69) is 28.1 Å². The first kappa shape index (κ1) is 25.1. The van der Waals surface area contributed by atoms with E-state index in [1.165, 1.54) is 18.0 Å². The largest absolute Gasteiger partial charge is 0.490 e. The molecule has 3 rings (SSSR count). The van der Waals surface area contributed by atoms with Crippen LogP contribution in [0.4, 0.5) is 5.95 Å². The van der Waals surface area contributed by atoms with E-state index in [0.29, 0.717) is 0 Å². The third-order valence-corrected chi connectivity index (χ3v) is 7.86. The second-order valence-electron chi connectivity index (χ2n) is 6.30. The standard InChI is InChI=1S/C11H18N5O13P3/c1-25-5-2-7(16-4-13-8-9(16)14-11(12)15-10(8)17)27-6(5)3-26-31(21,22)29-32(23,24)28-30(18,19)20/h4-7H,2-3H2,1H3,(H,21,22)(H,23,24)(H2,18,19,20)(H3,12,14,15,17)/t5?,6-,7-/m1/s1. The van der Waals surface area contributed by atoms with Gasteiger partial charge in [-0.1, -0.05) is 0 Å². The highest BCUT2D eigenvalue weighted by Gasteiger charge is 2.43. The highest BCUT2D eigenvalue weighted by atomic mass is 31.3. The number of methoxy groups -OCH3 is 1. The molecule has 7 N–H and O–H groups in total. The predicted octanol–water partition coefficient (Wildman–Crippen LogP) is -0.652. The van der Waals surface area contributed by atoms with E-state index in [-0.39, 0.29) is 23.5 Å². The molecule has 0 aliphatic carbocycles. The molecule has 32 heavy (non-hydrogen) atoms. The minimum Gasteiger partial charge on any atom is -0.378 e. The Morgan fingerprint density at radius 2 is 1.94 bits per heavy atom. The van der Waals surface area contributed by atoms with Gasteiger partial charge in [0.15, 0.2) is 11.2 Å². The van der Waals surface area contributed by atoms with Crippen LogP contribution < -0.4 is 11.3 Å². The van der Waals surface area contributed by atoms with Crippen LogP contribution in [0.3, 0.4) is 0 Å². The van der Waals surface area contributed by atoms with Gasteiger partial charge in [-0.2, -0.15) is 13.6 Å². The van der Waals surface area contributed by atoms with Crippen LogP contribution in [0.1, 0.15) is 12.6 Å². The number of hydrogen-bond donors (Lipinski definition) is 6. The molecule has 0 spiro atoms. The fourth-order valence-electron chi connectivity index (χ4n) is 2.89. The Bertz CT molecular complexity index is 1190. The maximum Gasteiger partial charge on any atom is 0.490 e. The summed E-state index contributed by atoms with van der Waals surface area (Å²) in [7, 11) is -15.2. The normalized spacial score (nSPS) is 25.6. The van der Waals surface area contributed by atoms with Gasteiger partial charge in [-0.3, -0.25) is 18.9 Å². The van der Waals surface area contributed by atoms with E-state index in [4.69, 9.17) is 25.0 Å². The predicted molar refractivity (Wildman–Crippen MR) is 102 cm³/mol. The van der Waals surface area contributed by atoms with Crippen molar-refractivity contribution in [2.75, 3.05) is 19.5 Å². The van der Waals surface area contributed by atoms with Crippen molar-refractivity contribution in [1.82, 2.24) is 19.5 Å². The molecule has 18 nitrogen and oxygen atoms in total. The van der Waals surface area contributed by atoms with E-state index in [9.17, 15) is 28.3 Å². The summed E-state index contributed by atoms with van der Waals surface area (Å²) in [6, 6.07) is 0. The Balaban J connectivity index is 1.71. The molecule has 0 aromatic carbocycles. The monoisotopic (exact) mass is 521 g/mol. The fraction of sp³-hybridized carbons (Fsp3) is 0.545. The molecule has 180 valence electrons. The van der Waals surface area contributed by atoms with Crippen molar-refractivity contribution in [1.29, 1.82) is 0 Å². The quantitative estimate of drug-likeness (QED) is 0.224. The molecule has 5 atom stereocenters. The number of aromatic nitrogens is 4. The maximum absolute atomic E-state index is 11.9. The zero-order valence-corrected chi connectivity index (χ0v) is 18.6. The lowest BCUT2D eigenvalue weighted by atomic mass is 10.2. The van der Waals surface area contributed by atoms with Crippen LogP contribution in [0.25, 0.3) is 11.2 Å². The molecule has 21 heteroatoms. The van der Waals surface area contributed by atoms with Crippen LogP contribution >= 0.6 is 23.5 Å². The number of nitrogen functional groups attached to an aromatic ring is 1. The molecule has 1 aliphatic rings. The van der Waals surface area contributed by atoms with Gasteiger partial charge in [-0.25, -0.2) is 18.7 Å². The van der Waals surface area contributed by atoms with E-state index in [0.717, 1.165) is 0 Å². The van der Waals surface area contributed by atoms with Gasteiger partial charge in [-0.05, 0) is 0 Å². The number of fused-ring (bicyclic) bond motifs is 1. The van der Waals surface area contributed by atoms with Crippen LogP contribution in [0.15, 0.2) is 11.1 Å². The summed E-state index contributed by atoms with van der Waals surface area (Å²) in [5.41, 5.74) is 5.08. The van der Waals surface area contributed by atoms with E-state index in [1.54, 1.807) is 0 Å². The Morgan fingerprint density at radius 1 is 1.25 bits per heavy atom. The number of anilines is 1. The van der Waals surface area contributed by atoms with Crippen molar-refractivity contribution in [3.05, 3.63) is 16.7 Å². The molecule has 3 heterocycles. The first-order valence-corrected chi connectivity index (χ1v) is 12.9. The van der Waals surface area contributed by atoms with E-state index >= 15 is 0 Å². The average molecular weight is 521 g/mol. The zero-order valence-electron chi connectivity index (χ0n) is 15.9. The highest BCUT2D eigenvalue weighted by molar-refractivity contribution is 7.66. The summed E-state index contributed by atoms with van der Waals surface area (Å²) in [4.78, 5) is 58.0. The van der Waals surface area contributed by atoms with Gasteiger partial charge in [0, 0.05) is 13.5 Å². The van der Waals surface area contributed by atoms with Crippen LogP contribution in [-0.2, 0) is 36.3 Å². The first-order valence-electron chi connectivity index (χ1n) is 8.38. The summed E-state index contributed by atoms with van der Waals surface area (Å²) >= 11 is 0. The van der Waals surface area contributed by atoms with Gasteiger partial charge in [0.2, 0.25) is 5.95 Å². The Kier molecular flexibility index (Phi) is 7.08. The summed E-state index contributed by atoms with van der Waals surface area (Å²) in [5, 5.41) is 0. The molecule has 0 radical (unpaired) electrons. The topological polar surface area (TPSA) is 268 Å². The van der Waals surface area contributed by atoms with Gasteiger partial charge in [0.05, 0.1) is 19.0 Å². The minimum absolute atomic E-state index is 0.00604. The van der Waals surface area contributed by atoms with E-state index in [1.807, 2.05) is 0 Å². The smallest absolute Gasteiger partial charge is 0.378 e. The average Bonchev–Trinajstić information content (AvgIpc) is 3.20. The summed E-state index contributed by atoms with van der Waals surface area (Å²) < 4.78 is 58.2. The van der Waals surface area contributed by atoms with Crippen molar-refractivity contribution in [3.8, 4) is 0 Å². The SMILES string of the molecule is COC1C[C@H](n2cnc3c(=O)[nH]c(N)nc32)O[C@@H]1COP(=O)(O)OP(=O)(O)OP(=O)(O)O. The van der Waals surface area contributed by atoms with Crippen LogP contribution in [0.2, 0.25) is 0 Å². The van der Waals surface area contributed by atoms with Crippen LogP contribution in [0.5, 0.6) is 0 Å². The van der Waals surface area contributed by atoms with Crippen molar-refractivity contribution >= 4 is 40.6 Å². The molecule has 1 saturated heterocycles. The van der Waals surface area contributed by atoms with Gasteiger partial charge >= 0.3 is 23.5 Å². The third kappa shape index (κ3) is 6.08. The summed E-state index contributed by atoms with van der Waals surface area (Å²) in [6.07, 6.45) is -1.13. The molecule has 0 bridgehead atoms. The summed E-state index contributed by atoms with van der Waals surface area (Å²) in [6.45, 7) is -0.707. The minimum atomic E-state index is -5.65. The maximum atomic E-state index is 11.9. The van der Waals surface area contributed by atoms with Crippen molar-refractivity contribution in [3.63, 3.8) is 0 Å². The van der Waals surface area contributed by atoms with Crippen molar-refractivity contribution in [2.24, 2.45) is 0 Å². The number of ether oxygens (including phenoxy) is 2. The lowest BCUT2D eigenvalue weighted by molar-refractivity contribution is -0.0502. The van der Waals surface area contributed by atoms with Gasteiger partial charge in [-0.15, -0.1) is 0 Å². The summed E-state index contributed by atoms with van der Waals surface area (Å²) in [5.74, 6) is -0.158. The molecular weight excluding hydrogens is 503 g/mol. The first-order chi connectivity index (χ1) is 14.7. The van der Waals surface area contributed by atoms with Crippen LogP contribution in [0, 0.1) is 0 Å². The van der Waals surface area contributed by atoms with Crippen molar-refractivity contribution < 1.29 is 55.9 Å². The molecule has 2 aromatic rings. The zero-order chi connectivity index (χ0) is 23.9. The molecule has 2 aromatic heterocycles. The molecular formula is C11H18N5O13P3. The number of nitrogens with one attached hydrogen (secondary N) is 1. The number of hydrogen-bond acceptors (Lipinski definition) is 12. The molecule has 0 amide bonds. The molecule has 1 fully saturated rings.